The summed E-state index contributed by atoms with van der Waals surface area (Å²) in [6.07, 6.45) is 6.96. The van der Waals surface area contributed by atoms with E-state index in [1.807, 2.05) is 24.3 Å². The van der Waals surface area contributed by atoms with Crippen molar-refractivity contribution in [2.75, 3.05) is 5.32 Å². The van der Waals surface area contributed by atoms with E-state index >= 15 is 0 Å². The SMILES string of the molecule is O=C(Nc1nc2ccccc2n1C1CCCCC1)c1cnc2[nH]c(=O)[nH]c(=O)c2c1. The van der Waals surface area contributed by atoms with Crippen LogP contribution in [0, 0.1) is 0 Å². The Balaban J connectivity index is 1.54. The molecule has 3 heterocycles. The quantitative estimate of drug-likeness (QED) is 0.484. The molecule has 1 fully saturated rings. The van der Waals surface area contributed by atoms with Crippen molar-refractivity contribution in [3.63, 3.8) is 0 Å². The van der Waals surface area contributed by atoms with Gasteiger partial charge < -0.3 is 4.57 Å². The van der Waals surface area contributed by atoms with Gasteiger partial charge in [0.05, 0.1) is 22.0 Å². The van der Waals surface area contributed by atoms with Crippen molar-refractivity contribution in [1.82, 2.24) is 24.5 Å². The van der Waals surface area contributed by atoms with Crippen molar-refractivity contribution in [2.45, 2.75) is 38.1 Å². The molecule has 3 aromatic heterocycles. The molecular weight excluding hydrogens is 384 g/mol. The number of aromatic amines is 2. The van der Waals surface area contributed by atoms with E-state index in [9.17, 15) is 14.4 Å². The number of amides is 1. The lowest BCUT2D eigenvalue weighted by Crippen LogP contribution is -2.23. The van der Waals surface area contributed by atoms with Gasteiger partial charge in [0.1, 0.15) is 5.65 Å². The lowest BCUT2D eigenvalue weighted by molar-refractivity contribution is 0.102. The second-order valence-electron chi connectivity index (χ2n) is 7.57. The van der Waals surface area contributed by atoms with Crippen LogP contribution in [0.3, 0.4) is 0 Å². The Labute approximate surface area is 170 Å². The molecule has 1 aliphatic rings. The molecule has 1 aliphatic carbocycles. The van der Waals surface area contributed by atoms with Crippen LogP contribution < -0.4 is 16.6 Å². The molecule has 3 N–H and O–H groups in total. The van der Waals surface area contributed by atoms with E-state index in [1.165, 1.54) is 18.7 Å². The summed E-state index contributed by atoms with van der Waals surface area (Å²) in [4.78, 5) is 49.7. The highest BCUT2D eigenvalue weighted by Gasteiger charge is 2.23. The maximum absolute atomic E-state index is 13.0. The maximum Gasteiger partial charge on any atom is 0.327 e. The summed E-state index contributed by atoms with van der Waals surface area (Å²) in [6, 6.07) is 9.53. The fraction of sp³-hybridized carbons (Fsp3) is 0.286. The van der Waals surface area contributed by atoms with E-state index in [2.05, 4.69) is 29.8 Å². The predicted octanol–water partition coefficient (Wildman–Crippen LogP) is 2.72. The number of imidazole rings is 1. The number of H-pyrrole nitrogens is 2. The first-order valence-corrected chi connectivity index (χ1v) is 10.0. The molecule has 9 heteroatoms. The minimum absolute atomic E-state index is 0.134. The second-order valence-corrected chi connectivity index (χ2v) is 7.57. The summed E-state index contributed by atoms with van der Waals surface area (Å²) >= 11 is 0. The normalized spacial score (nSPS) is 14.9. The number of carbonyl (C=O) groups is 1. The number of hydrogen-bond acceptors (Lipinski definition) is 5. The van der Waals surface area contributed by atoms with Gasteiger partial charge in [-0.3, -0.25) is 24.9 Å². The van der Waals surface area contributed by atoms with Gasteiger partial charge in [0.2, 0.25) is 5.95 Å². The van der Waals surface area contributed by atoms with Crippen molar-refractivity contribution in [3.05, 3.63) is 62.9 Å². The molecule has 0 aliphatic heterocycles. The van der Waals surface area contributed by atoms with Gasteiger partial charge in [-0.1, -0.05) is 31.4 Å². The molecule has 0 spiro atoms. The molecule has 0 unspecified atom stereocenters. The highest BCUT2D eigenvalue weighted by Crippen LogP contribution is 2.34. The Morgan fingerprint density at radius 1 is 1.10 bits per heavy atom. The number of nitrogens with zero attached hydrogens (tertiary/aromatic N) is 3. The Kier molecular flexibility index (Phi) is 4.42. The van der Waals surface area contributed by atoms with Crippen LogP contribution in [0.2, 0.25) is 0 Å². The summed E-state index contributed by atoms with van der Waals surface area (Å²) in [5.74, 6) is 0.0749. The Morgan fingerprint density at radius 2 is 1.90 bits per heavy atom. The summed E-state index contributed by atoms with van der Waals surface area (Å²) < 4.78 is 2.12. The zero-order valence-electron chi connectivity index (χ0n) is 16.1. The van der Waals surface area contributed by atoms with Crippen molar-refractivity contribution in [1.29, 1.82) is 0 Å². The average molecular weight is 404 g/mol. The van der Waals surface area contributed by atoms with Crippen molar-refractivity contribution >= 4 is 33.9 Å². The standard InChI is InChI=1S/C21H20N6O3/c28-18(12-10-14-17(22-11-12)24-21(30)26-19(14)29)25-20-23-15-8-4-5-9-16(15)27(20)13-6-2-1-3-7-13/h4-5,8-11,13H,1-3,6-7H2,(H,23,25,28)(H2,22,24,26,29,30). The van der Waals surface area contributed by atoms with E-state index in [4.69, 9.17) is 0 Å². The van der Waals surface area contributed by atoms with Crippen LogP contribution in [0.25, 0.3) is 22.1 Å². The zero-order valence-corrected chi connectivity index (χ0v) is 16.1. The molecule has 4 aromatic rings. The van der Waals surface area contributed by atoms with Crippen LogP contribution in [0.15, 0.2) is 46.1 Å². The molecule has 1 amide bonds. The lowest BCUT2D eigenvalue weighted by Gasteiger charge is -2.25. The highest BCUT2D eigenvalue weighted by atomic mass is 16.2. The van der Waals surface area contributed by atoms with E-state index in [0.29, 0.717) is 5.95 Å². The topological polar surface area (TPSA) is 126 Å². The number of anilines is 1. The van der Waals surface area contributed by atoms with Crippen molar-refractivity contribution in [2.24, 2.45) is 0 Å². The Bertz CT molecular complexity index is 1380. The second kappa shape index (κ2) is 7.25. The van der Waals surface area contributed by atoms with Gasteiger partial charge in [0.15, 0.2) is 0 Å². The minimum Gasteiger partial charge on any atom is -0.307 e. The first-order chi connectivity index (χ1) is 14.6. The fourth-order valence-electron chi connectivity index (χ4n) is 4.19. The smallest absolute Gasteiger partial charge is 0.307 e. The third-order valence-electron chi connectivity index (χ3n) is 5.61. The molecule has 1 aromatic carbocycles. The van der Waals surface area contributed by atoms with Crippen LogP contribution in [0.1, 0.15) is 48.5 Å². The molecular formula is C21H20N6O3. The number of aromatic nitrogens is 5. The number of fused-ring (bicyclic) bond motifs is 2. The van der Waals surface area contributed by atoms with Gasteiger partial charge in [-0.15, -0.1) is 0 Å². The van der Waals surface area contributed by atoms with Crippen LogP contribution in [-0.2, 0) is 0 Å². The van der Waals surface area contributed by atoms with Gasteiger partial charge in [-0.25, -0.2) is 14.8 Å². The molecule has 5 rings (SSSR count). The molecule has 0 radical (unpaired) electrons. The summed E-state index contributed by atoms with van der Waals surface area (Å²) in [6.45, 7) is 0. The molecule has 0 saturated heterocycles. The molecule has 1 saturated carbocycles. The van der Waals surface area contributed by atoms with Crippen LogP contribution in [0.5, 0.6) is 0 Å². The maximum atomic E-state index is 13.0. The lowest BCUT2D eigenvalue weighted by atomic mass is 9.95. The Hall–Kier alpha value is -3.75. The number of hydrogen-bond donors (Lipinski definition) is 3. The van der Waals surface area contributed by atoms with Gasteiger partial charge in [-0.2, -0.15) is 0 Å². The monoisotopic (exact) mass is 404 g/mol. The number of carbonyl (C=O) groups excluding carboxylic acids is 1. The van der Waals surface area contributed by atoms with Crippen LogP contribution in [-0.4, -0.2) is 30.4 Å². The molecule has 152 valence electrons. The van der Waals surface area contributed by atoms with Crippen LogP contribution in [0.4, 0.5) is 5.95 Å². The van der Waals surface area contributed by atoms with E-state index in [-0.39, 0.29) is 22.6 Å². The fourth-order valence-corrected chi connectivity index (χ4v) is 4.19. The third-order valence-corrected chi connectivity index (χ3v) is 5.61. The predicted molar refractivity (Wildman–Crippen MR) is 113 cm³/mol. The van der Waals surface area contributed by atoms with Gasteiger partial charge in [0, 0.05) is 12.2 Å². The number of rotatable bonds is 3. The highest BCUT2D eigenvalue weighted by molar-refractivity contribution is 6.05. The summed E-state index contributed by atoms with van der Waals surface area (Å²) in [7, 11) is 0. The number of benzene rings is 1. The van der Waals surface area contributed by atoms with Gasteiger partial charge >= 0.3 is 5.69 Å². The van der Waals surface area contributed by atoms with Crippen molar-refractivity contribution in [3.8, 4) is 0 Å². The zero-order chi connectivity index (χ0) is 20.7. The summed E-state index contributed by atoms with van der Waals surface area (Å²) in [5, 5.41) is 3.04. The van der Waals surface area contributed by atoms with Gasteiger partial charge in [-0.05, 0) is 31.0 Å². The average Bonchev–Trinajstić information content (AvgIpc) is 3.11. The first kappa shape index (κ1) is 18.3. The van der Waals surface area contributed by atoms with E-state index in [0.717, 1.165) is 36.7 Å². The number of para-hydroxylation sites is 2. The van der Waals surface area contributed by atoms with E-state index < -0.39 is 17.2 Å². The molecule has 9 nitrogen and oxygen atoms in total. The number of pyridine rings is 1. The van der Waals surface area contributed by atoms with E-state index in [1.54, 1.807) is 0 Å². The number of nitrogens with one attached hydrogen (secondary N) is 3. The minimum atomic E-state index is -0.640. The van der Waals surface area contributed by atoms with Crippen molar-refractivity contribution < 1.29 is 4.79 Å². The largest absolute Gasteiger partial charge is 0.327 e. The molecule has 30 heavy (non-hydrogen) atoms. The summed E-state index contributed by atoms with van der Waals surface area (Å²) in [5.41, 5.74) is 0.926. The molecule has 0 bridgehead atoms. The first-order valence-electron chi connectivity index (χ1n) is 10.0. The Morgan fingerprint density at radius 3 is 2.73 bits per heavy atom. The van der Waals surface area contributed by atoms with Gasteiger partial charge in [0.25, 0.3) is 11.5 Å². The third kappa shape index (κ3) is 3.18. The molecule has 0 atom stereocenters. The van der Waals surface area contributed by atoms with Crippen LogP contribution >= 0.6 is 0 Å².